The SMILES string of the molecule is COc1cc2nccc(-c3ccc(CN(C4CC4)S(=O)O)cc3)c2cc1OC. The summed E-state index contributed by atoms with van der Waals surface area (Å²) in [6, 6.07) is 14.1. The normalized spacial score (nSPS) is 15.0. The molecule has 146 valence electrons. The molecular weight excluding hydrogens is 376 g/mol. The summed E-state index contributed by atoms with van der Waals surface area (Å²) in [6.45, 7) is 0.468. The molecule has 1 N–H and O–H groups in total. The van der Waals surface area contributed by atoms with E-state index in [9.17, 15) is 8.76 Å². The molecule has 4 rings (SSSR count). The van der Waals surface area contributed by atoms with Crippen molar-refractivity contribution in [1.82, 2.24) is 9.29 Å². The van der Waals surface area contributed by atoms with Crippen LogP contribution in [0.25, 0.3) is 22.0 Å². The number of aromatic nitrogens is 1. The van der Waals surface area contributed by atoms with E-state index in [1.165, 1.54) is 0 Å². The lowest BCUT2D eigenvalue weighted by Crippen LogP contribution is -2.27. The fourth-order valence-electron chi connectivity index (χ4n) is 3.37. The number of methoxy groups -OCH3 is 2. The van der Waals surface area contributed by atoms with E-state index in [0.29, 0.717) is 18.0 Å². The van der Waals surface area contributed by atoms with Crippen LogP contribution in [0.5, 0.6) is 11.5 Å². The van der Waals surface area contributed by atoms with Crippen LogP contribution in [0.2, 0.25) is 0 Å². The van der Waals surface area contributed by atoms with Gasteiger partial charge in [-0.25, -0.2) is 4.21 Å². The van der Waals surface area contributed by atoms with Crippen LogP contribution < -0.4 is 9.47 Å². The molecule has 1 aliphatic rings. The average molecular weight is 398 g/mol. The lowest BCUT2D eigenvalue weighted by atomic mass is 10.00. The van der Waals surface area contributed by atoms with Gasteiger partial charge in [-0.2, -0.15) is 4.31 Å². The van der Waals surface area contributed by atoms with Gasteiger partial charge in [-0.15, -0.1) is 0 Å². The van der Waals surface area contributed by atoms with Gasteiger partial charge in [0.2, 0.25) is 11.3 Å². The fraction of sp³-hybridized carbons (Fsp3) is 0.286. The molecule has 7 heteroatoms. The van der Waals surface area contributed by atoms with Crippen molar-refractivity contribution < 1.29 is 18.2 Å². The molecule has 3 aromatic rings. The van der Waals surface area contributed by atoms with Crippen molar-refractivity contribution in [3.05, 3.63) is 54.2 Å². The molecule has 1 atom stereocenters. The summed E-state index contributed by atoms with van der Waals surface area (Å²) >= 11 is -1.94. The highest BCUT2D eigenvalue weighted by molar-refractivity contribution is 7.76. The molecule has 0 aliphatic heterocycles. The zero-order valence-electron chi connectivity index (χ0n) is 15.8. The van der Waals surface area contributed by atoms with Crippen LogP contribution in [-0.4, -0.2) is 38.3 Å². The van der Waals surface area contributed by atoms with Crippen LogP contribution in [0.1, 0.15) is 18.4 Å². The van der Waals surface area contributed by atoms with Gasteiger partial charge in [-0.1, -0.05) is 24.3 Å². The van der Waals surface area contributed by atoms with Crippen molar-refractivity contribution in [2.24, 2.45) is 0 Å². The zero-order chi connectivity index (χ0) is 19.7. The lowest BCUT2D eigenvalue weighted by molar-refractivity contribution is 0.356. The van der Waals surface area contributed by atoms with Crippen LogP contribution in [-0.2, 0) is 17.8 Å². The largest absolute Gasteiger partial charge is 0.493 e. The molecule has 1 fully saturated rings. The average Bonchev–Trinajstić information content (AvgIpc) is 3.55. The maximum atomic E-state index is 11.5. The maximum Gasteiger partial charge on any atom is 0.235 e. The quantitative estimate of drug-likeness (QED) is 0.609. The van der Waals surface area contributed by atoms with E-state index in [4.69, 9.17) is 9.47 Å². The van der Waals surface area contributed by atoms with Crippen molar-refractivity contribution in [3.63, 3.8) is 0 Å². The summed E-state index contributed by atoms with van der Waals surface area (Å²) in [4.78, 5) is 4.45. The molecule has 6 nitrogen and oxygen atoms in total. The van der Waals surface area contributed by atoms with Gasteiger partial charge in [0.25, 0.3) is 0 Å². The minimum atomic E-state index is -1.94. The minimum absolute atomic E-state index is 0.220. The van der Waals surface area contributed by atoms with E-state index >= 15 is 0 Å². The van der Waals surface area contributed by atoms with Crippen molar-refractivity contribution in [3.8, 4) is 22.6 Å². The van der Waals surface area contributed by atoms with Gasteiger partial charge < -0.3 is 9.47 Å². The molecule has 0 saturated heterocycles. The molecule has 1 heterocycles. The first-order valence-corrected chi connectivity index (χ1v) is 10.1. The number of hydrogen-bond donors (Lipinski definition) is 1. The summed E-state index contributed by atoms with van der Waals surface area (Å²) in [5.41, 5.74) is 3.93. The highest BCUT2D eigenvalue weighted by Crippen LogP contribution is 2.36. The fourth-order valence-corrected chi connectivity index (χ4v) is 4.09. The van der Waals surface area contributed by atoms with Gasteiger partial charge in [0.1, 0.15) is 0 Å². The predicted octanol–water partition coefficient (Wildman–Crippen LogP) is 4.02. The Morgan fingerprint density at radius 2 is 1.79 bits per heavy atom. The second kappa shape index (κ2) is 7.87. The molecule has 2 aromatic carbocycles. The Morgan fingerprint density at radius 1 is 1.11 bits per heavy atom. The zero-order valence-corrected chi connectivity index (χ0v) is 16.6. The van der Waals surface area contributed by atoms with Gasteiger partial charge in [0.05, 0.1) is 19.7 Å². The molecular formula is C21H22N2O4S. The number of rotatable bonds is 7. The molecule has 1 saturated carbocycles. The highest BCUT2D eigenvalue weighted by atomic mass is 32.2. The van der Waals surface area contributed by atoms with E-state index in [1.54, 1.807) is 24.7 Å². The molecule has 0 amide bonds. The topological polar surface area (TPSA) is 71.9 Å². The molecule has 1 unspecified atom stereocenters. The van der Waals surface area contributed by atoms with E-state index in [1.807, 2.05) is 42.5 Å². The van der Waals surface area contributed by atoms with Crippen molar-refractivity contribution in [1.29, 1.82) is 0 Å². The first-order chi connectivity index (χ1) is 13.6. The number of nitrogens with zero attached hydrogens (tertiary/aromatic N) is 2. The van der Waals surface area contributed by atoms with Crippen LogP contribution >= 0.6 is 0 Å². The Hall–Kier alpha value is -2.48. The third kappa shape index (κ3) is 3.73. The molecule has 28 heavy (non-hydrogen) atoms. The first kappa shape index (κ1) is 18.9. The first-order valence-electron chi connectivity index (χ1n) is 9.08. The summed E-state index contributed by atoms with van der Waals surface area (Å²) < 4.78 is 33.5. The second-order valence-corrected chi connectivity index (χ2v) is 7.75. The summed E-state index contributed by atoms with van der Waals surface area (Å²) in [5.74, 6) is 1.30. The number of benzene rings is 2. The monoisotopic (exact) mass is 398 g/mol. The maximum absolute atomic E-state index is 11.5. The third-order valence-electron chi connectivity index (χ3n) is 5.00. The Bertz CT molecular complexity index is 1020. The van der Waals surface area contributed by atoms with Crippen LogP contribution in [0.15, 0.2) is 48.7 Å². The van der Waals surface area contributed by atoms with Crippen LogP contribution in [0, 0.1) is 0 Å². The Kier molecular flexibility index (Phi) is 5.30. The van der Waals surface area contributed by atoms with Crippen molar-refractivity contribution in [2.45, 2.75) is 25.4 Å². The number of hydrogen-bond acceptors (Lipinski definition) is 4. The molecule has 0 bridgehead atoms. The molecule has 1 aromatic heterocycles. The van der Waals surface area contributed by atoms with Gasteiger partial charge >= 0.3 is 0 Å². The second-order valence-electron chi connectivity index (χ2n) is 6.82. The van der Waals surface area contributed by atoms with Gasteiger partial charge in [-0.3, -0.25) is 9.54 Å². The Balaban J connectivity index is 1.67. The van der Waals surface area contributed by atoms with Crippen LogP contribution in [0.3, 0.4) is 0 Å². The van der Waals surface area contributed by atoms with E-state index < -0.39 is 11.3 Å². The van der Waals surface area contributed by atoms with E-state index in [-0.39, 0.29) is 6.04 Å². The predicted molar refractivity (Wildman–Crippen MR) is 110 cm³/mol. The highest BCUT2D eigenvalue weighted by Gasteiger charge is 2.32. The van der Waals surface area contributed by atoms with Crippen molar-refractivity contribution >= 4 is 22.2 Å². The third-order valence-corrected chi connectivity index (χ3v) is 5.83. The molecule has 0 radical (unpaired) electrons. The molecule has 1 aliphatic carbocycles. The van der Waals surface area contributed by atoms with Crippen molar-refractivity contribution in [2.75, 3.05) is 14.2 Å². The standard InChI is InChI=1S/C21H22N2O4S/c1-26-20-11-18-17(9-10-22-19(18)12-21(20)27-2)15-5-3-14(4-6-15)13-23(28(24)25)16-7-8-16/h3-6,9-12,16H,7-8,13H2,1-2H3,(H,24,25). The lowest BCUT2D eigenvalue weighted by Gasteiger charge is -2.17. The number of ether oxygens (including phenoxy) is 2. The Labute approximate surface area is 166 Å². The van der Waals surface area contributed by atoms with E-state index in [0.717, 1.165) is 40.4 Å². The summed E-state index contributed by atoms with van der Waals surface area (Å²) in [7, 11) is 3.22. The van der Waals surface area contributed by atoms with Gasteiger partial charge in [-0.05, 0) is 41.7 Å². The number of pyridine rings is 1. The van der Waals surface area contributed by atoms with Gasteiger partial charge in [0.15, 0.2) is 11.5 Å². The van der Waals surface area contributed by atoms with Gasteiger partial charge in [0, 0.05) is 30.2 Å². The minimum Gasteiger partial charge on any atom is -0.493 e. The summed E-state index contributed by atoms with van der Waals surface area (Å²) in [6.07, 6.45) is 3.75. The van der Waals surface area contributed by atoms with E-state index in [2.05, 4.69) is 4.98 Å². The Morgan fingerprint density at radius 3 is 2.39 bits per heavy atom. The molecule has 0 spiro atoms. The number of fused-ring (bicyclic) bond motifs is 1. The summed E-state index contributed by atoms with van der Waals surface area (Å²) in [5, 5.41) is 0.976. The smallest absolute Gasteiger partial charge is 0.235 e. The van der Waals surface area contributed by atoms with Crippen LogP contribution in [0.4, 0.5) is 0 Å².